The summed E-state index contributed by atoms with van der Waals surface area (Å²) in [6, 6.07) is 18.5. The highest BCUT2D eigenvalue weighted by atomic mass is 32.2. The van der Waals surface area contributed by atoms with Crippen molar-refractivity contribution < 1.29 is 13.9 Å². The van der Waals surface area contributed by atoms with E-state index in [1.807, 2.05) is 30.3 Å². The Kier molecular flexibility index (Phi) is 5.25. The average Bonchev–Trinajstić information content (AvgIpc) is 3.27. The van der Waals surface area contributed by atoms with Crippen molar-refractivity contribution in [2.75, 3.05) is 18.2 Å². The first kappa shape index (κ1) is 18.1. The van der Waals surface area contributed by atoms with Crippen LogP contribution < -0.4 is 10.1 Å². The maximum absolute atomic E-state index is 12.4. The largest absolute Gasteiger partial charge is 0.497 e. The van der Waals surface area contributed by atoms with E-state index in [9.17, 15) is 4.79 Å². The van der Waals surface area contributed by atoms with Gasteiger partial charge in [-0.3, -0.25) is 4.79 Å². The smallest absolute Gasteiger partial charge is 0.234 e. The number of hydrogen-bond acceptors (Lipinski definition) is 6. The lowest BCUT2D eigenvalue weighted by Gasteiger charge is -2.08. The molecule has 140 valence electrons. The lowest BCUT2D eigenvalue weighted by atomic mass is 10.2. The number of benzene rings is 2. The van der Waals surface area contributed by atoms with Crippen LogP contribution in [-0.4, -0.2) is 28.7 Å². The zero-order valence-electron chi connectivity index (χ0n) is 15.1. The number of rotatable bonds is 6. The molecule has 0 bridgehead atoms. The number of fused-ring (bicyclic) bond motifs is 1. The fraction of sp³-hybridized carbons (Fsp3) is 0.0952. The van der Waals surface area contributed by atoms with E-state index in [0.29, 0.717) is 11.6 Å². The van der Waals surface area contributed by atoms with Crippen molar-refractivity contribution in [3.05, 3.63) is 66.9 Å². The van der Waals surface area contributed by atoms with Gasteiger partial charge in [-0.15, -0.1) is 0 Å². The molecule has 0 atom stereocenters. The zero-order valence-corrected chi connectivity index (χ0v) is 15.9. The molecule has 4 rings (SSSR count). The van der Waals surface area contributed by atoms with E-state index >= 15 is 0 Å². The Hall–Kier alpha value is -3.32. The second-order valence-electron chi connectivity index (χ2n) is 5.91. The van der Waals surface area contributed by atoms with Crippen molar-refractivity contribution >= 4 is 34.3 Å². The summed E-state index contributed by atoms with van der Waals surface area (Å²) < 4.78 is 10.5. The van der Waals surface area contributed by atoms with Crippen LogP contribution in [0.15, 0.2) is 76.4 Å². The monoisotopic (exact) mass is 391 g/mol. The van der Waals surface area contributed by atoms with Gasteiger partial charge < -0.3 is 14.5 Å². The lowest BCUT2D eigenvalue weighted by molar-refractivity contribution is -0.113. The lowest BCUT2D eigenvalue weighted by Crippen LogP contribution is -2.14. The molecule has 0 spiro atoms. The number of amides is 1. The highest BCUT2D eigenvalue weighted by Crippen LogP contribution is 2.28. The van der Waals surface area contributed by atoms with E-state index in [4.69, 9.17) is 9.15 Å². The molecule has 2 aromatic carbocycles. The second kappa shape index (κ2) is 8.14. The number of aromatic nitrogens is 2. The Labute approximate surface area is 166 Å². The van der Waals surface area contributed by atoms with Crippen LogP contribution in [0.4, 0.5) is 5.69 Å². The third-order valence-electron chi connectivity index (χ3n) is 4.02. The Balaban J connectivity index is 1.52. The van der Waals surface area contributed by atoms with Crippen LogP contribution in [0.1, 0.15) is 0 Å². The van der Waals surface area contributed by atoms with Gasteiger partial charge in [0, 0.05) is 11.1 Å². The van der Waals surface area contributed by atoms with Gasteiger partial charge in [0.05, 0.1) is 24.6 Å². The van der Waals surface area contributed by atoms with Gasteiger partial charge in [-0.2, -0.15) is 0 Å². The molecule has 6 nitrogen and oxygen atoms in total. The third kappa shape index (κ3) is 3.99. The summed E-state index contributed by atoms with van der Waals surface area (Å²) in [5.41, 5.74) is 1.53. The third-order valence-corrected chi connectivity index (χ3v) is 5.01. The molecule has 1 N–H and O–H groups in total. The molecule has 0 unspecified atom stereocenters. The molecule has 7 heteroatoms. The summed E-state index contributed by atoms with van der Waals surface area (Å²) in [5.74, 6) is 1.95. The predicted molar refractivity (Wildman–Crippen MR) is 110 cm³/mol. The number of anilines is 1. The van der Waals surface area contributed by atoms with Crippen molar-refractivity contribution in [3.63, 3.8) is 0 Å². The van der Waals surface area contributed by atoms with Gasteiger partial charge in [-0.05, 0) is 42.5 Å². The first-order valence-corrected chi connectivity index (χ1v) is 9.59. The van der Waals surface area contributed by atoms with Gasteiger partial charge in [0.25, 0.3) is 0 Å². The fourth-order valence-electron chi connectivity index (χ4n) is 2.68. The average molecular weight is 391 g/mol. The van der Waals surface area contributed by atoms with E-state index in [1.54, 1.807) is 43.7 Å². The Bertz CT molecular complexity index is 1100. The van der Waals surface area contributed by atoms with E-state index < -0.39 is 0 Å². The Morgan fingerprint density at radius 1 is 1.07 bits per heavy atom. The first-order chi connectivity index (χ1) is 13.7. The van der Waals surface area contributed by atoms with E-state index in [2.05, 4.69) is 15.3 Å². The molecule has 0 fully saturated rings. The van der Waals surface area contributed by atoms with Gasteiger partial charge in [-0.1, -0.05) is 30.0 Å². The topological polar surface area (TPSA) is 77.2 Å². The molecule has 0 radical (unpaired) electrons. The normalized spacial score (nSPS) is 10.8. The number of methoxy groups -OCH3 is 1. The maximum Gasteiger partial charge on any atom is 0.234 e. The molecule has 0 aliphatic heterocycles. The number of nitrogens with zero attached hydrogens (tertiary/aromatic N) is 2. The van der Waals surface area contributed by atoms with Crippen LogP contribution in [0.25, 0.3) is 22.5 Å². The van der Waals surface area contributed by atoms with E-state index in [-0.39, 0.29) is 11.7 Å². The molecule has 2 heterocycles. The number of furan rings is 1. The molecule has 2 aromatic heterocycles. The van der Waals surface area contributed by atoms with Crippen LogP contribution >= 0.6 is 11.8 Å². The van der Waals surface area contributed by atoms with Gasteiger partial charge in [0.15, 0.2) is 11.6 Å². The number of carbonyl (C=O) groups excluding carboxylic acids is 1. The molecule has 0 saturated carbocycles. The summed E-state index contributed by atoms with van der Waals surface area (Å²) in [6.45, 7) is 0. The molecular weight excluding hydrogens is 374 g/mol. The van der Waals surface area contributed by atoms with Crippen LogP contribution in [0.5, 0.6) is 5.75 Å². The highest BCUT2D eigenvalue weighted by Gasteiger charge is 2.13. The maximum atomic E-state index is 12.4. The van der Waals surface area contributed by atoms with Crippen molar-refractivity contribution in [1.82, 2.24) is 9.97 Å². The number of nitrogens with one attached hydrogen (secondary N) is 1. The van der Waals surface area contributed by atoms with Gasteiger partial charge >= 0.3 is 0 Å². The number of ether oxygens (including phenoxy) is 1. The van der Waals surface area contributed by atoms with E-state index in [0.717, 1.165) is 27.4 Å². The molecule has 28 heavy (non-hydrogen) atoms. The Morgan fingerprint density at radius 3 is 2.64 bits per heavy atom. The predicted octanol–water partition coefficient (Wildman–Crippen LogP) is 4.63. The summed E-state index contributed by atoms with van der Waals surface area (Å²) in [5, 5.41) is 4.52. The number of para-hydroxylation sites is 1. The zero-order chi connectivity index (χ0) is 19.3. The fourth-order valence-corrected chi connectivity index (χ4v) is 3.50. The molecule has 0 aliphatic rings. The highest BCUT2D eigenvalue weighted by molar-refractivity contribution is 8.00. The molecule has 0 saturated heterocycles. The quantitative estimate of drug-likeness (QED) is 0.381. The van der Waals surface area contributed by atoms with Crippen molar-refractivity contribution in [1.29, 1.82) is 0 Å². The second-order valence-corrected chi connectivity index (χ2v) is 6.88. The first-order valence-electron chi connectivity index (χ1n) is 8.60. The van der Waals surface area contributed by atoms with Gasteiger partial charge in [-0.25, -0.2) is 9.97 Å². The van der Waals surface area contributed by atoms with Gasteiger partial charge in [0.1, 0.15) is 10.8 Å². The minimum absolute atomic E-state index is 0.114. The van der Waals surface area contributed by atoms with Gasteiger partial charge in [0.2, 0.25) is 5.91 Å². The molecule has 1 amide bonds. The molecule has 4 aromatic rings. The van der Waals surface area contributed by atoms with Crippen LogP contribution in [0.3, 0.4) is 0 Å². The summed E-state index contributed by atoms with van der Waals surface area (Å²) >= 11 is 1.37. The molecule has 0 aliphatic carbocycles. The molecular formula is C21H17N3O3S. The SMILES string of the molecule is COc1ccc(NC(=O)CSc2nc(-c3ccco3)nc3ccccc23)cc1. The minimum atomic E-state index is -0.114. The summed E-state index contributed by atoms with van der Waals surface area (Å²) in [7, 11) is 1.60. The number of carbonyl (C=O) groups is 1. The van der Waals surface area contributed by atoms with E-state index in [1.165, 1.54) is 11.8 Å². The standard InChI is InChI=1S/C21H17N3O3S/c1-26-15-10-8-14(9-11-15)22-19(25)13-28-21-16-5-2-3-6-17(16)23-20(24-21)18-7-4-12-27-18/h2-12H,13H2,1H3,(H,22,25). The van der Waals surface area contributed by atoms with Crippen molar-refractivity contribution in [3.8, 4) is 17.3 Å². The Morgan fingerprint density at radius 2 is 1.89 bits per heavy atom. The van der Waals surface area contributed by atoms with Crippen molar-refractivity contribution in [2.45, 2.75) is 5.03 Å². The van der Waals surface area contributed by atoms with Crippen LogP contribution in [-0.2, 0) is 4.79 Å². The summed E-state index contributed by atoms with van der Waals surface area (Å²) in [4.78, 5) is 21.5. The van der Waals surface area contributed by atoms with Crippen molar-refractivity contribution in [2.24, 2.45) is 0 Å². The van der Waals surface area contributed by atoms with Crippen LogP contribution in [0.2, 0.25) is 0 Å². The summed E-state index contributed by atoms with van der Waals surface area (Å²) in [6.07, 6.45) is 1.59. The number of hydrogen-bond donors (Lipinski definition) is 1. The minimum Gasteiger partial charge on any atom is -0.497 e. The van der Waals surface area contributed by atoms with Crippen LogP contribution in [0, 0.1) is 0 Å². The number of thioether (sulfide) groups is 1.